The number of carbonyl (C=O) groups excluding carboxylic acids is 2. The fourth-order valence-corrected chi connectivity index (χ4v) is 2.11. The standard InChI is InChI=1S/C20H20O4/c1-13(2)11-23-19(21)17-9-15-7-5-6-8-16(15)10-18(17)20(22)24-12-14(3)4/h5-10H,1,3,11-12H2,2,4H3. The minimum absolute atomic E-state index is 0.103. The quantitative estimate of drug-likeness (QED) is 0.587. The monoisotopic (exact) mass is 324 g/mol. The van der Waals surface area contributed by atoms with Crippen molar-refractivity contribution < 1.29 is 19.1 Å². The van der Waals surface area contributed by atoms with E-state index in [-0.39, 0.29) is 24.3 Å². The topological polar surface area (TPSA) is 52.6 Å². The van der Waals surface area contributed by atoms with Crippen LogP contribution in [0.2, 0.25) is 0 Å². The average Bonchev–Trinajstić information content (AvgIpc) is 2.56. The summed E-state index contributed by atoms with van der Waals surface area (Å²) in [5.41, 5.74) is 1.80. The molecule has 0 atom stereocenters. The third kappa shape index (κ3) is 4.32. The maximum Gasteiger partial charge on any atom is 0.339 e. The van der Waals surface area contributed by atoms with Crippen molar-refractivity contribution in [1.82, 2.24) is 0 Å². The van der Waals surface area contributed by atoms with Gasteiger partial charge < -0.3 is 9.47 Å². The Labute approximate surface area is 141 Å². The second kappa shape index (κ2) is 7.59. The molecule has 2 rings (SSSR count). The lowest BCUT2D eigenvalue weighted by molar-refractivity contribution is 0.0494. The van der Waals surface area contributed by atoms with E-state index in [1.54, 1.807) is 26.0 Å². The van der Waals surface area contributed by atoms with Crippen molar-refractivity contribution in [1.29, 1.82) is 0 Å². The van der Waals surface area contributed by atoms with E-state index in [9.17, 15) is 9.59 Å². The first-order valence-electron chi connectivity index (χ1n) is 7.54. The normalized spacial score (nSPS) is 10.2. The minimum Gasteiger partial charge on any atom is -0.458 e. The fraction of sp³-hybridized carbons (Fsp3) is 0.200. The van der Waals surface area contributed by atoms with Gasteiger partial charge in [-0.15, -0.1) is 0 Å². The van der Waals surface area contributed by atoms with Crippen LogP contribution in [0.3, 0.4) is 0 Å². The summed E-state index contributed by atoms with van der Waals surface area (Å²) in [6.07, 6.45) is 0. The van der Waals surface area contributed by atoms with Crippen LogP contribution < -0.4 is 0 Å². The Hall–Kier alpha value is -2.88. The van der Waals surface area contributed by atoms with Gasteiger partial charge >= 0.3 is 11.9 Å². The van der Waals surface area contributed by atoms with Gasteiger partial charge in [-0.3, -0.25) is 0 Å². The molecule has 0 amide bonds. The summed E-state index contributed by atoms with van der Waals surface area (Å²) < 4.78 is 10.4. The van der Waals surface area contributed by atoms with Gasteiger partial charge in [0.1, 0.15) is 13.2 Å². The molecule has 0 spiro atoms. The molecule has 0 aromatic heterocycles. The van der Waals surface area contributed by atoms with E-state index >= 15 is 0 Å². The molecule has 2 aromatic carbocycles. The van der Waals surface area contributed by atoms with Gasteiger partial charge in [-0.25, -0.2) is 9.59 Å². The molecule has 0 aliphatic rings. The molecule has 0 aliphatic carbocycles. The first kappa shape index (κ1) is 17.5. The van der Waals surface area contributed by atoms with Crippen molar-refractivity contribution in [2.75, 3.05) is 13.2 Å². The molecule has 0 fully saturated rings. The lowest BCUT2D eigenvalue weighted by Crippen LogP contribution is -2.15. The van der Waals surface area contributed by atoms with E-state index in [1.165, 1.54) is 0 Å². The summed E-state index contributed by atoms with van der Waals surface area (Å²) in [6.45, 7) is 11.1. The Bertz CT molecular complexity index is 749. The molecule has 0 unspecified atom stereocenters. The molecule has 2 aromatic rings. The van der Waals surface area contributed by atoms with Gasteiger partial charge in [-0.2, -0.15) is 0 Å². The predicted molar refractivity (Wildman–Crippen MR) is 94.1 cm³/mol. The summed E-state index contributed by atoms with van der Waals surface area (Å²) in [5, 5.41) is 1.69. The third-order valence-corrected chi connectivity index (χ3v) is 3.23. The third-order valence-electron chi connectivity index (χ3n) is 3.23. The van der Waals surface area contributed by atoms with Gasteiger partial charge in [0.15, 0.2) is 0 Å². The Morgan fingerprint density at radius 2 is 1.21 bits per heavy atom. The first-order valence-corrected chi connectivity index (χ1v) is 7.54. The molecule has 4 nitrogen and oxygen atoms in total. The smallest absolute Gasteiger partial charge is 0.339 e. The molecule has 0 bridgehead atoms. The molecule has 0 heterocycles. The van der Waals surface area contributed by atoms with Crippen molar-refractivity contribution in [3.63, 3.8) is 0 Å². The van der Waals surface area contributed by atoms with E-state index in [2.05, 4.69) is 13.2 Å². The highest BCUT2D eigenvalue weighted by Crippen LogP contribution is 2.22. The average molecular weight is 324 g/mol. The zero-order valence-electron chi connectivity index (χ0n) is 13.9. The molecule has 0 radical (unpaired) electrons. The van der Waals surface area contributed by atoms with Crippen molar-refractivity contribution in [3.05, 3.63) is 71.8 Å². The second-order valence-corrected chi connectivity index (χ2v) is 5.81. The number of benzene rings is 2. The van der Waals surface area contributed by atoms with Gasteiger partial charge in [0.05, 0.1) is 11.1 Å². The number of hydrogen-bond donors (Lipinski definition) is 0. The maximum atomic E-state index is 12.4. The Balaban J connectivity index is 2.43. The van der Waals surface area contributed by atoms with Crippen molar-refractivity contribution >= 4 is 22.7 Å². The predicted octanol–water partition coefficient (Wildman–Crippen LogP) is 4.31. The van der Waals surface area contributed by atoms with E-state index in [1.807, 2.05) is 24.3 Å². The first-order chi connectivity index (χ1) is 11.4. The molecule has 0 saturated carbocycles. The zero-order chi connectivity index (χ0) is 17.7. The van der Waals surface area contributed by atoms with Gasteiger partial charge in [-0.1, -0.05) is 37.4 Å². The van der Waals surface area contributed by atoms with Crippen molar-refractivity contribution in [3.8, 4) is 0 Å². The molecule has 0 aliphatic heterocycles. The number of rotatable bonds is 6. The highest BCUT2D eigenvalue weighted by atomic mass is 16.5. The van der Waals surface area contributed by atoms with Gasteiger partial charge in [-0.05, 0) is 47.9 Å². The zero-order valence-corrected chi connectivity index (χ0v) is 13.9. The van der Waals surface area contributed by atoms with Crippen LogP contribution in [0.4, 0.5) is 0 Å². The molecule has 24 heavy (non-hydrogen) atoms. The van der Waals surface area contributed by atoms with Crippen LogP contribution >= 0.6 is 0 Å². The molecule has 0 N–H and O–H groups in total. The highest BCUT2D eigenvalue weighted by Gasteiger charge is 2.20. The Kier molecular flexibility index (Phi) is 5.53. The molecular weight excluding hydrogens is 304 g/mol. The van der Waals surface area contributed by atoms with Crippen LogP contribution in [0, 0.1) is 0 Å². The van der Waals surface area contributed by atoms with Crippen LogP contribution in [0.5, 0.6) is 0 Å². The summed E-state index contributed by atoms with van der Waals surface area (Å²) in [4.78, 5) is 24.7. The van der Waals surface area contributed by atoms with Crippen molar-refractivity contribution in [2.45, 2.75) is 13.8 Å². The van der Waals surface area contributed by atoms with E-state index in [4.69, 9.17) is 9.47 Å². The number of hydrogen-bond acceptors (Lipinski definition) is 4. The molecule has 0 saturated heterocycles. The lowest BCUT2D eigenvalue weighted by atomic mass is 10.0. The Morgan fingerprint density at radius 1 is 0.833 bits per heavy atom. The maximum absolute atomic E-state index is 12.4. The number of carbonyl (C=O) groups is 2. The Morgan fingerprint density at radius 3 is 1.54 bits per heavy atom. The summed E-state index contributed by atoms with van der Waals surface area (Å²) in [6, 6.07) is 10.8. The van der Waals surface area contributed by atoms with Crippen LogP contribution in [0.25, 0.3) is 10.8 Å². The van der Waals surface area contributed by atoms with Gasteiger partial charge in [0, 0.05) is 0 Å². The SMILES string of the molecule is C=C(C)COC(=O)c1cc2ccccc2cc1C(=O)OCC(=C)C. The number of fused-ring (bicyclic) bond motifs is 1. The summed E-state index contributed by atoms with van der Waals surface area (Å²) in [5.74, 6) is -1.16. The number of esters is 2. The van der Waals surface area contributed by atoms with Gasteiger partial charge in [0.2, 0.25) is 0 Å². The van der Waals surface area contributed by atoms with Crippen LogP contribution in [0.15, 0.2) is 60.7 Å². The van der Waals surface area contributed by atoms with Crippen LogP contribution in [-0.2, 0) is 9.47 Å². The molecule has 124 valence electrons. The summed E-state index contributed by atoms with van der Waals surface area (Å²) >= 11 is 0. The number of ether oxygens (including phenoxy) is 2. The van der Waals surface area contributed by atoms with Crippen LogP contribution in [-0.4, -0.2) is 25.2 Å². The second-order valence-electron chi connectivity index (χ2n) is 5.81. The highest BCUT2D eigenvalue weighted by molar-refractivity contribution is 6.07. The van der Waals surface area contributed by atoms with Crippen molar-refractivity contribution in [2.24, 2.45) is 0 Å². The van der Waals surface area contributed by atoms with E-state index < -0.39 is 11.9 Å². The van der Waals surface area contributed by atoms with Gasteiger partial charge in [0.25, 0.3) is 0 Å². The minimum atomic E-state index is -0.578. The largest absolute Gasteiger partial charge is 0.458 e. The van der Waals surface area contributed by atoms with E-state index in [0.717, 1.165) is 21.9 Å². The lowest BCUT2D eigenvalue weighted by Gasteiger charge is -2.11. The summed E-state index contributed by atoms with van der Waals surface area (Å²) in [7, 11) is 0. The molecular formula is C20H20O4. The fourth-order valence-electron chi connectivity index (χ4n) is 2.11. The van der Waals surface area contributed by atoms with E-state index in [0.29, 0.717) is 0 Å². The van der Waals surface area contributed by atoms with Crippen LogP contribution in [0.1, 0.15) is 34.6 Å². The molecule has 4 heteroatoms.